The van der Waals surface area contributed by atoms with Crippen molar-refractivity contribution in [2.24, 2.45) is 46.5 Å². The van der Waals surface area contributed by atoms with Gasteiger partial charge in [-0.25, -0.2) is 0 Å². The highest BCUT2D eigenvalue weighted by Gasteiger charge is 2.54. The van der Waals surface area contributed by atoms with Gasteiger partial charge in [-0.3, -0.25) is 0 Å². The number of hydrogen-bond acceptors (Lipinski definition) is 2. The third-order valence-electron chi connectivity index (χ3n) is 7.80. The Hall–Kier alpha value is -0.0800. The molecule has 4 fully saturated rings. The first-order chi connectivity index (χ1) is 9.57. The molecule has 2 nitrogen and oxygen atoms in total. The second kappa shape index (κ2) is 4.71. The van der Waals surface area contributed by atoms with Crippen molar-refractivity contribution in [2.45, 2.75) is 76.8 Å². The molecule has 20 heavy (non-hydrogen) atoms. The summed E-state index contributed by atoms with van der Waals surface area (Å²) < 4.78 is 0. The second-order valence-corrected chi connectivity index (χ2v) is 8.90. The highest BCUT2D eigenvalue weighted by atomic mass is 14.7. The molecule has 4 aliphatic carbocycles. The molecule has 0 amide bonds. The molecule has 2 heteroatoms. The van der Waals surface area contributed by atoms with Crippen LogP contribution < -0.4 is 11.5 Å². The molecule has 8 atom stereocenters. The lowest BCUT2D eigenvalue weighted by molar-refractivity contribution is -0.0514. The van der Waals surface area contributed by atoms with Crippen LogP contribution in [0.2, 0.25) is 0 Å². The van der Waals surface area contributed by atoms with Gasteiger partial charge in [-0.2, -0.15) is 0 Å². The van der Waals surface area contributed by atoms with Gasteiger partial charge < -0.3 is 11.5 Å². The molecule has 114 valence electrons. The Balaban J connectivity index is 1.56. The quantitative estimate of drug-likeness (QED) is 0.713. The third kappa shape index (κ3) is 1.98. The van der Waals surface area contributed by atoms with Crippen LogP contribution in [0.5, 0.6) is 0 Å². The maximum absolute atomic E-state index is 6.33. The minimum absolute atomic E-state index is 0.487. The summed E-state index contributed by atoms with van der Waals surface area (Å²) in [6, 6.07) is 0.989. The van der Waals surface area contributed by atoms with Crippen LogP contribution in [0.25, 0.3) is 0 Å². The molecular weight excluding hydrogens is 244 g/mol. The van der Waals surface area contributed by atoms with Crippen LogP contribution in [-0.4, -0.2) is 12.1 Å². The molecule has 0 saturated heterocycles. The smallest absolute Gasteiger partial charge is 0.00470 e. The molecule has 0 aromatic carbocycles. The molecule has 0 spiro atoms. The van der Waals surface area contributed by atoms with Gasteiger partial charge in [0.1, 0.15) is 0 Å². The average molecular weight is 276 g/mol. The van der Waals surface area contributed by atoms with Gasteiger partial charge >= 0.3 is 0 Å². The van der Waals surface area contributed by atoms with Crippen LogP contribution in [0.1, 0.15) is 64.7 Å². The Morgan fingerprint density at radius 3 is 2.45 bits per heavy atom. The molecule has 0 bridgehead atoms. The van der Waals surface area contributed by atoms with Crippen molar-refractivity contribution in [3.05, 3.63) is 0 Å². The van der Waals surface area contributed by atoms with E-state index in [-0.39, 0.29) is 0 Å². The molecule has 0 radical (unpaired) electrons. The van der Waals surface area contributed by atoms with Gasteiger partial charge in [-0.1, -0.05) is 6.92 Å². The fourth-order valence-corrected chi connectivity index (χ4v) is 7.00. The standard InChI is InChI=1S/C18H32N2/c1-18-7-6-15-14-5-3-12(19)8-11(14)2-4-16(15)17(18)9-13(20)10-18/h11-17H,2-10,19-20H2,1H3. The Labute approximate surface area is 124 Å². The first-order valence-corrected chi connectivity index (χ1v) is 9.08. The SMILES string of the molecule is CC12CCC3C4CCC(N)CC4CCC3C1CC(N)C2. The minimum atomic E-state index is 0.487. The summed E-state index contributed by atoms with van der Waals surface area (Å²) in [5.41, 5.74) is 13.1. The fraction of sp³-hybridized carbons (Fsp3) is 1.00. The first-order valence-electron chi connectivity index (χ1n) is 9.08. The Morgan fingerprint density at radius 2 is 1.60 bits per heavy atom. The van der Waals surface area contributed by atoms with Crippen molar-refractivity contribution in [1.29, 1.82) is 0 Å². The van der Waals surface area contributed by atoms with E-state index in [1.54, 1.807) is 0 Å². The van der Waals surface area contributed by atoms with Gasteiger partial charge in [-0.15, -0.1) is 0 Å². The Bertz CT molecular complexity index is 382. The van der Waals surface area contributed by atoms with E-state index >= 15 is 0 Å². The van der Waals surface area contributed by atoms with Crippen LogP contribution in [0.4, 0.5) is 0 Å². The van der Waals surface area contributed by atoms with Crippen LogP contribution in [0, 0.1) is 35.0 Å². The number of fused-ring (bicyclic) bond motifs is 5. The summed E-state index contributed by atoms with van der Waals surface area (Å²) in [6.45, 7) is 2.55. The van der Waals surface area contributed by atoms with Crippen molar-refractivity contribution in [2.75, 3.05) is 0 Å². The van der Waals surface area contributed by atoms with Crippen molar-refractivity contribution < 1.29 is 0 Å². The highest BCUT2D eigenvalue weighted by molar-refractivity contribution is 5.06. The highest BCUT2D eigenvalue weighted by Crippen LogP contribution is 2.62. The van der Waals surface area contributed by atoms with Gasteiger partial charge in [0, 0.05) is 12.1 Å². The second-order valence-electron chi connectivity index (χ2n) is 8.90. The van der Waals surface area contributed by atoms with E-state index in [9.17, 15) is 0 Å². The number of nitrogens with two attached hydrogens (primary N) is 2. The van der Waals surface area contributed by atoms with Crippen LogP contribution in [0.15, 0.2) is 0 Å². The number of rotatable bonds is 0. The number of hydrogen-bond donors (Lipinski definition) is 2. The molecule has 4 saturated carbocycles. The average Bonchev–Trinajstić information content (AvgIpc) is 2.72. The van der Waals surface area contributed by atoms with Crippen LogP contribution in [-0.2, 0) is 0 Å². The summed E-state index contributed by atoms with van der Waals surface area (Å²) in [5.74, 6) is 4.92. The maximum Gasteiger partial charge on any atom is 0.00470 e. The zero-order valence-electron chi connectivity index (χ0n) is 13.1. The molecule has 0 aromatic rings. The first kappa shape index (κ1) is 13.6. The van der Waals surface area contributed by atoms with E-state index in [1.807, 2.05) is 0 Å². The summed E-state index contributed by atoms with van der Waals surface area (Å²) in [6.07, 6.45) is 12.5. The molecule has 8 unspecified atom stereocenters. The van der Waals surface area contributed by atoms with E-state index in [1.165, 1.54) is 57.8 Å². The van der Waals surface area contributed by atoms with Crippen LogP contribution in [0.3, 0.4) is 0 Å². The van der Waals surface area contributed by atoms with Crippen molar-refractivity contribution in [3.63, 3.8) is 0 Å². The van der Waals surface area contributed by atoms with E-state index in [4.69, 9.17) is 11.5 Å². The lowest BCUT2D eigenvalue weighted by Crippen LogP contribution is -2.48. The normalized spacial score (nSPS) is 58.6. The van der Waals surface area contributed by atoms with Gasteiger partial charge in [0.2, 0.25) is 0 Å². The van der Waals surface area contributed by atoms with E-state index in [0.29, 0.717) is 17.5 Å². The minimum Gasteiger partial charge on any atom is -0.328 e. The lowest BCUT2D eigenvalue weighted by atomic mass is 9.50. The van der Waals surface area contributed by atoms with Crippen LogP contribution >= 0.6 is 0 Å². The molecule has 4 N–H and O–H groups in total. The van der Waals surface area contributed by atoms with Gasteiger partial charge in [-0.05, 0) is 92.8 Å². The van der Waals surface area contributed by atoms with Crippen molar-refractivity contribution in [3.8, 4) is 0 Å². The summed E-state index contributed by atoms with van der Waals surface area (Å²) in [4.78, 5) is 0. The summed E-state index contributed by atoms with van der Waals surface area (Å²) in [5, 5.41) is 0. The predicted octanol–water partition coefficient (Wildman–Crippen LogP) is 3.29. The molecule has 4 aliphatic rings. The van der Waals surface area contributed by atoms with E-state index in [0.717, 1.165) is 29.6 Å². The zero-order valence-corrected chi connectivity index (χ0v) is 13.1. The molecule has 0 aromatic heterocycles. The molecule has 0 heterocycles. The van der Waals surface area contributed by atoms with Crippen molar-refractivity contribution >= 4 is 0 Å². The Kier molecular flexibility index (Phi) is 3.20. The lowest BCUT2D eigenvalue weighted by Gasteiger charge is -2.55. The fourth-order valence-electron chi connectivity index (χ4n) is 7.00. The van der Waals surface area contributed by atoms with Gasteiger partial charge in [0.25, 0.3) is 0 Å². The van der Waals surface area contributed by atoms with Crippen molar-refractivity contribution in [1.82, 2.24) is 0 Å². The Morgan fingerprint density at radius 1 is 0.800 bits per heavy atom. The van der Waals surface area contributed by atoms with Gasteiger partial charge in [0.05, 0.1) is 0 Å². The topological polar surface area (TPSA) is 52.0 Å². The van der Waals surface area contributed by atoms with E-state index in [2.05, 4.69) is 6.92 Å². The molecule has 4 rings (SSSR count). The largest absolute Gasteiger partial charge is 0.328 e. The van der Waals surface area contributed by atoms with E-state index < -0.39 is 0 Å². The molecular formula is C18H32N2. The summed E-state index contributed by atoms with van der Waals surface area (Å²) >= 11 is 0. The summed E-state index contributed by atoms with van der Waals surface area (Å²) in [7, 11) is 0. The van der Waals surface area contributed by atoms with Gasteiger partial charge in [0.15, 0.2) is 0 Å². The monoisotopic (exact) mass is 276 g/mol. The third-order valence-corrected chi connectivity index (χ3v) is 7.80. The maximum atomic E-state index is 6.33. The zero-order chi connectivity index (χ0) is 13.9. The predicted molar refractivity (Wildman–Crippen MR) is 83.1 cm³/mol. The molecule has 0 aliphatic heterocycles.